The van der Waals surface area contributed by atoms with Crippen LogP contribution in [0.15, 0.2) is 20.9 Å². The number of nitrogens with one attached hydrogen (secondary N) is 1. The number of rotatable bonds is 8. The molecule has 2 rings (SSSR count). The Labute approximate surface area is 131 Å². The average molecular weight is 327 g/mol. The lowest BCUT2D eigenvalue weighted by molar-refractivity contribution is 0.0488. The zero-order chi connectivity index (χ0) is 15.1. The molecule has 0 atom stereocenters. The zero-order valence-corrected chi connectivity index (χ0v) is 13.6. The second kappa shape index (κ2) is 8.04. The van der Waals surface area contributed by atoms with Crippen molar-refractivity contribution in [1.29, 1.82) is 0 Å². The van der Waals surface area contributed by atoms with Gasteiger partial charge in [0.25, 0.3) is 0 Å². The number of thioether (sulfide) groups is 1. The maximum absolute atomic E-state index is 11.5. The van der Waals surface area contributed by atoms with E-state index in [1.807, 2.05) is 0 Å². The van der Waals surface area contributed by atoms with Gasteiger partial charge in [-0.1, -0.05) is 30.0 Å². The molecule has 8 heteroatoms. The summed E-state index contributed by atoms with van der Waals surface area (Å²) in [6, 6.07) is 3.40. The predicted molar refractivity (Wildman–Crippen MR) is 82.9 cm³/mol. The quantitative estimate of drug-likeness (QED) is 0.588. The van der Waals surface area contributed by atoms with Gasteiger partial charge < -0.3 is 14.5 Å². The summed E-state index contributed by atoms with van der Waals surface area (Å²) in [5, 5.41) is 12.2. The summed E-state index contributed by atoms with van der Waals surface area (Å²) in [6.45, 7) is 5.08. The molecule has 2 aromatic rings. The van der Waals surface area contributed by atoms with E-state index in [0.717, 1.165) is 22.4 Å². The van der Waals surface area contributed by atoms with Crippen LogP contribution in [0.4, 0.5) is 5.13 Å². The van der Waals surface area contributed by atoms with E-state index in [0.29, 0.717) is 18.1 Å². The van der Waals surface area contributed by atoms with Crippen molar-refractivity contribution < 1.29 is 13.9 Å². The first-order chi connectivity index (χ1) is 10.2. The third-order valence-electron chi connectivity index (χ3n) is 2.41. The van der Waals surface area contributed by atoms with Crippen LogP contribution in [-0.2, 0) is 10.5 Å². The molecule has 0 aliphatic rings. The van der Waals surface area contributed by atoms with E-state index in [1.54, 1.807) is 19.1 Å². The molecule has 0 amide bonds. The number of aromatic nitrogens is 2. The number of esters is 1. The molecule has 0 spiro atoms. The van der Waals surface area contributed by atoms with Gasteiger partial charge in [-0.15, -0.1) is 10.2 Å². The van der Waals surface area contributed by atoms with E-state index in [-0.39, 0.29) is 5.76 Å². The molecule has 0 saturated heterocycles. The van der Waals surface area contributed by atoms with Crippen molar-refractivity contribution >= 4 is 34.2 Å². The van der Waals surface area contributed by atoms with Crippen LogP contribution in [0, 0.1) is 0 Å². The molecule has 0 fully saturated rings. The van der Waals surface area contributed by atoms with Gasteiger partial charge in [0.05, 0.1) is 12.4 Å². The van der Waals surface area contributed by atoms with E-state index in [1.165, 1.54) is 23.1 Å². The van der Waals surface area contributed by atoms with Crippen molar-refractivity contribution in [2.24, 2.45) is 0 Å². The van der Waals surface area contributed by atoms with Crippen LogP contribution in [-0.4, -0.2) is 29.3 Å². The van der Waals surface area contributed by atoms with Crippen molar-refractivity contribution in [1.82, 2.24) is 10.2 Å². The Morgan fingerprint density at radius 2 is 2.29 bits per heavy atom. The summed E-state index contributed by atoms with van der Waals surface area (Å²) in [6.07, 6.45) is 1.05. The van der Waals surface area contributed by atoms with Gasteiger partial charge in [-0.05, 0) is 25.5 Å². The molecule has 0 aromatic carbocycles. The molecule has 0 aliphatic heterocycles. The number of ether oxygens (including phenoxy) is 1. The first-order valence-electron chi connectivity index (χ1n) is 6.69. The molecular formula is C13H17N3O3S2. The molecule has 114 valence electrons. The van der Waals surface area contributed by atoms with Crippen molar-refractivity contribution in [3.05, 3.63) is 23.7 Å². The summed E-state index contributed by atoms with van der Waals surface area (Å²) in [4.78, 5) is 11.5. The van der Waals surface area contributed by atoms with E-state index in [2.05, 4.69) is 22.4 Å². The van der Waals surface area contributed by atoms with Gasteiger partial charge in [0.2, 0.25) is 10.9 Å². The topological polar surface area (TPSA) is 77.2 Å². The van der Waals surface area contributed by atoms with Crippen molar-refractivity contribution in [3.8, 4) is 0 Å². The molecule has 0 aliphatic carbocycles. The highest BCUT2D eigenvalue weighted by Gasteiger charge is 2.13. The molecule has 2 heterocycles. The van der Waals surface area contributed by atoms with Gasteiger partial charge in [-0.25, -0.2) is 4.79 Å². The molecule has 2 aromatic heterocycles. The maximum Gasteiger partial charge on any atom is 0.374 e. The minimum atomic E-state index is -0.435. The van der Waals surface area contributed by atoms with Crippen LogP contribution >= 0.6 is 23.1 Å². The first-order valence-corrected chi connectivity index (χ1v) is 8.49. The largest absolute Gasteiger partial charge is 0.460 e. The summed E-state index contributed by atoms with van der Waals surface area (Å²) in [5.74, 6) is 1.11. The number of anilines is 1. The Morgan fingerprint density at radius 1 is 1.43 bits per heavy atom. The van der Waals surface area contributed by atoms with E-state index in [9.17, 15) is 4.79 Å². The van der Waals surface area contributed by atoms with Crippen LogP contribution < -0.4 is 5.32 Å². The van der Waals surface area contributed by atoms with Crippen LogP contribution in [0.5, 0.6) is 0 Å². The standard InChI is InChI=1S/C13H17N3O3S2/c1-3-7-14-12-15-16-13(21-12)20-8-9-5-6-10(19-9)11(17)18-4-2/h5-6H,3-4,7-8H2,1-2H3,(H,14,15). The summed E-state index contributed by atoms with van der Waals surface area (Å²) in [5.41, 5.74) is 0. The Balaban J connectivity index is 1.85. The fourth-order valence-corrected chi connectivity index (χ4v) is 3.14. The zero-order valence-electron chi connectivity index (χ0n) is 11.9. The molecule has 0 unspecified atom stereocenters. The summed E-state index contributed by atoms with van der Waals surface area (Å²) >= 11 is 3.03. The van der Waals surface area contributed by atoms with Gasteiger partial charge >= 0.3 is 5.97 Å². The number of hydrogen-bond acceptors (Lipinski definition) is 8. The van der Waals surface area contributed by atoms with Gasteiger partial charge in [0.15, 0.2) is 4.34 Å². The van der Waals surface area contributed by atoms with Crippen LogP contribution in [0.1, 0.15) is 36.6 Å². The van der Waals surface area contributed by atoms with Crippen LogP contribution in [0.25, 0.3) is 0 Å². The lowest BCUT2D eigenvalue weighted by Gasteiger charge is -1.97. The lowest BCUT2D eigenvalue weighted by Crippen LogP contribution is -2.02. The SMILES string of the molecule is CCCNc1nnc(SCc2ccc(C(=O)OCC)o2)s1. The normalized spacial score (nSPS) is 10.6. The molecule has 0 radical (unpaired) electrons. The van der Waals surface area contributed by atoms with Gasteiger partial charge in [0.1, 0.15) is 5.76 Å². The highest BCUT2D eigenvalue weighted by atomic mass is 32.2. The average Bonchev–Trinajstić information content (AvgIpc) is 3.12. The molecule has 1 N–H and O–H groups in total. The van der Waals surface area contributed by atoms with E-state index in [4.69, 9.17) is 9.15 Å². The van der Waals surface area contributed by atoms with Crippen molar-refractivity contribution in [3.63, 3.8) is 0 Å². The molecule has 21 heavy (non-hydrogen) atoms. The van der Waals surface area contributed by atoms with Crippen molar-refractivity contribution in [2.75, 3.05) is 18.5 Å². The predicted octanol–water partition coefficient (Wildman–Crippen LogP) is 3.42. The number of hydrogen-bond donors (Lipinski definition) is 1. The Hall–Kier alpha value is -1.54. The fraction of sp³-hybridized carbons (Fsp3) is 0.462. The smallest absolute Gasteiger partial charge is 0.374 e. The highest BCUT2D eigenvalue weighted by molar-refractivity contribution is 8.00. The molecular weight excluding hydrogens is 310 g/mol. The highest BCUT2D eigenvalue weighted by Crippen LogP contribution is 2.28. The lowest BCUT2D eigenvalue weighted by atomic mass is 10.4. The minimum Gasteiger partial charge on any atom is -0.460 e. The Kier molecular flexibility index (Phi) is 6.06. The maximum atomic E-state index is 11.5. The summed E-state index contributed by atoms with van der Waals surface area (Å²) in [7, 11) is 0. The second-order valence-corrected chi connectivity index (χ2v) is 6.27. The number of carbonyl (C=O) groups excluding carboxylic acids is 1. The van der Waals surface area contributed by atoms with Crippen LogP contribution in [0.2, 0.25) is 0 Å². The van der Waals surface area contributed by atoms with Gasteiger partial charge in [-0.2, -0.15) is 0 Å². The van der Waals surface area contributed by atoms with Gasteiger partial charge in [0, 0.05) is 6.54 Å². The fourth-order valence-electron chi connectivity index (χ4n) is 1.47. The first kappa shape index (κ1) is 15.8. The molecule has 0 bridgehead atoms. The van der Waals surface area contributed by atoms with Crippen LogP contribution in [0.3, 0.4) is 0 Å². The third kappa shape index (κ3) is 4.75. The van der Waals surface area contributed by atoms with Gasteiger partial charge in [-0.3, -0.25) is 0 Å². The van der Waals surface area contributed by atoms with E-state index < -0.39 is 5.97 Å². The number of carbonyl (C=O) groups is 1. The molecule has 6 nitrogen and oxygen atoms in total. The third-order valence-corrected chi connectivity index (χ3v) is 4.45. The molecule has 0 saturated carbocycles. The Bertz CT molecular complexity index is 583. The summed E-state index contributed by atoms with van der Waals surface area (Å²) < 4.78 is 11.2. The second-order valence-electron chi connectivity index (χ2n) is 4.08. The minimum absolute atomic E-state index is 0.231. The monoisotopic (exact) mass is 327 g/mol. The van der Waals surface area contributed by atoms with Crippen molar-refractivity contribution in [2.45, 2.75) is 30.4 Å². The number of nitrogens with zero attached hydrogens (tertiary/aromatic N) is 2. The number of furan rings is 1. The Morgan fingerprint density at radius 3 is 3.05 bits per heavy atom. The van der Waals surface area contributed by atoms with E-state index >= 15 is 0 Å².